The van der Waals surface area contributed by atoms with E-state index < -0.39 is 0 Å². The molecule has 2 rings (SSSR count). The third-order valence-electron chi connectivity index (χ3n) is 3.92. The topological polar surface area (TPSA) is 46.6 Å². The average Bonchev–Trinajstić information content (AvgIpc) is 2.87. The summed E-state index contributed by atoms with van der Waals surface area (Å²) in [4.78, 5) is 25.5. The van der Waals surface area contributed by atoms with Crippen LogP contribution in [0, 0.1) is 18.8 Å². The lowest BCUT2D eigenvalue weighted by Gasteiger charge is -2.13. The molecule has 0 aliphatic carbocycles. The number of ether oxygens (including phenoxy) is 1. The molecular formula is C17H21NO3. The van der Waals surface area contributed by atoms with Gasteiger partial charge in [0.15, 0.2) is 0 Å². The van der Waals surface area contributed by atoms with Crippen LogP contribution in [0.2, 0.25) is 0 Å². The minimum atomic E-state index is -0.236. The van der Waals surface area contributed by atoms with Gasteiger partial charge in [-0.15, -0.1) is 0 Å². The van der Waals surface area contributed by atoms with Crippen LogP contribution in [0.4, 0.5) is 0 Å². The second-order valence-electron chi connectivity index (χ2n) is 5.59. The van der Waals surface area contributed by atoms with E-state index in [1.807, 2.05) is 38.1 Å². The lowest BCUT2D eigenvalue weighted by molar-refractivity contribution is -0.146. The largest absolute Gasteiger partial charge is 0.469 e. The Kier molecular flexibility index (Phi) is 4.78. The molecule has 2 unspecified atom stereocenters. The number of benzene rings is 1. The van der Waals surface area contributed by atoms with Crippen molar-refractivity contribution in [2.24, 2.45) is 11.8 Å². The summed E-state index contributed by atoms with van der Waals surface area (Å²) in [5, 5.41) is 0. The number of carbonyl (C=O) groups excluding carboxylic acids is 2. The summed E-state index contributed by atoms with van der Waals surface area (Å²) in [6, 6.07) is 7.97. The van der Waals surface area contributed by atoms with Gasteiger partial charge in [-0.05, 0) is 24.5 Å². The van der Waals surface area contributed by atoms with Crippen LogP contribution in [-0.2, 0) is 14.3 Å². The van der Waals surface area contributed by atoms with Gasteiger partial charge >= 0.3 is 5.97 Å². The van der Waals surface area contributed by atoms with E-state index in [9.17, 15) is 9.59 Å². The zero-order chi connectivity index (χ0) is 15.4. The molecule has 1 aromatic rings. The van der Waals surface area contributed by atoms with Crippen LogP contribution in [0.3, 0.4) is 0 Å². The monoisotopic (exact) mass is 287 g/mol. The van der Waals surface area contributed by atoms with Crippen molar-refractivity contribution >= 4 is 18.0 Å². The molecule has 1 saturated heterocycles. The Hall–Kier alpha value is -2.10. The summed E-state index contributed by atoms with van der Waals surface area (Å²) in [7, 11) is 1.39. The standard InChI is InChI=1S/C17H21NO3/c1-12-4-6-14(7-5-12)8-9-16(19)18-10-13(2)15(11-18)17(20)21-3/h4-9,13,15H,10-11H2,1-3H3/b9-8+. The fourth-order valence-corrected chi connectivity index (χ4v) is 2.56. The summed E-state index contributed by atoms with van der Waals surface area (Å²) < 4.78 is 4.78. The minimum absolute atomic E-state index is 0.0613. The molecule has 21 heavy (non-hydrogen) atoms. The first-order valence-electron chi connectivity index (χ1n) is 7.12. The van der Waals surface area contributed by atoms with Crippen molar-refractivity contribution in [3.8, 4) is 0 Å². The Balaban J connectivity index is 1.98. The van der Waals surface area contributed by atoms with Crippen LogP contribution in [0.25, 0.3) is 6.08 Å². The second-order valence-corrected chi connectivity index (χ2v) is 5.59. The lowest BCUT2D eigenvalue weighted by atomic mass is 9.99. The van der Waals surface area contributed by atoms with E-state index in [1.54, 1.807) is 17.1 Å². The minimum Gasteiger partial charge on any atom is -0.469 e. The van der Waals surface area contributed by atoms with Gasteiger partial charge in [-0.2, -0.15) is 0 Å². The highest BCUT2D eigenvalue weighted by molar-refractivity contribution is 5.92. The number of rotatable bonds is 3. The molecule has 112 valence electrons. The van der Waals surface area contributed by atoms with Crippen LogP contribution in [0.5, 0.6) is 0 Å². The quantitative estimate of drug-likeness (QED) is 0.633. The Labute approximate surface area is 125 Å². The molecular weight excluding hydrogens is 266 g/mol. The molecule has 0 saturated carbocycles. The van der Waals surface area contributed by atoms with Crippen LogP contribution in [-0.4, -0.2) is 37.0 Å². The molecule has 1 amide bonds. The van der Waals surface area contributed by atoms with Crippen molar-refractivity contribution in [3.05, 3.63) is 41.5 Å². The Bertz CT molecular complexity index is 548. The van der Waals surface area contributed by atoms with E-state index in [0.717, 1.165) is 5.56 Å². The summed E-state index contributed by atoms with van der Waals surface area (Å²) in [6.07, 6.45) is 3.37. The maximum absolute atomic E-state index is 12.2. The number of nitrogens with zero attached hydrogens (tertiary/aromatic N) is 1. The molecule has 4 nitrogen and oxygen atoms in total. The Morgan fingerprint density at radius 1 is 1.24 bits per heavy atom. The molecule has 0 bridgehead atoms. The van der Waals surface area contributed by atoms with Gasteiger partial charge in [0.1, 0.15) is 0 Å². The van der Waals surface area contributed by atoms with Gasteiger partial charge in [0, 0.05) is 19.2 Å². The normalized spacial score (nSPS) is 21.8. The van der Waals surface area contributed by atoms with Crippen molar-refractivity contribution in [3.63, 3.8) is 0 Å². The SMILES string of the molecule is COC(=O)C1CN(C(=O)/C=C/c2ccc(C)cc2)CC1C. The Morgan fingerprint density at radius 2 is 1.90 bits per heavy atom. The summed E-state index contributed by atoms with van der Waals surface area (Å²) in [5.41, 5.74) is 2.18. The van der Waals surface area contributed by atoms with Crippen molar-refractivity contribution in [1.29, 1.82) is 0 Å². The highest BCUT2D eigenvalue weighted by Crippen LogP contribution is 2.24. The Morgan fingerprint density at radius 3 is 2.52 bits per heavy atom. The number of hydrogen-bond donors (Lipinski definition) is 0. The smallest absolute Gasteiger partial charge is 0.310 e. The van der Waals surface area contributed by atoms with Gasteiger partial charge in [0.2, 0.25) is 5.91 Å². The van der Waals surface area contributed by atoms with Crippen molar-refractivity contribution in [2.75, 3.05) is 20.2 Å². The maximum atomic E-state index is 12.2. The number of aryl methyl sites for hydroxylation is 1. The fraction of sp³-hybridized carbons (Fsp3) is 0.412. The number of esters is 1. The highest BCUT2D eigenvalue weighted by Gasteiger charge is 2.36. The van der Waals surface area contributed by atoms with E-state index in [4.69, 9.17) is 4.74 Å². The number of amides is 1. The average molecular weight is 287 g/mol. The molecule has 1 aliphatic rings. The fourth-order valence-electron chi connectivity index (χ4n) is 2.56. The molecule has 0 aromatic heterocycles. The number of likely N-dealkylation sites (tertiary alicyclic amines) is 1. The predicted molar refractivity (Wildman–Crippen MR) is 81.5 cm³/mol. The zero-order valence-corrected chi connectivity index (χ0v) is 12.7. The maximum Gasteiger partial charge on any atom is 0.310 e. The number of carbonyl (C=O) groups is 2. The van der Waals surface area contributed by atoms with Gasteiger partial charge in [-0.25, -0.2) is 0 Å². The summed E-state index contributed by atoms with van der Waals surface area (Å²) >= 11 is 0. The third-order valence-corrected chi connectivity index (χ3v) is 3.92. The molecule has 4 heteroatoms. The van der Waals surface area contributed by atoms with Crippen molar-refractivity contribution in [2.45, 2.75) is 13.8 Å². The van der Waals surface area contributed by atoms with Gasteiger partial charge < -0.3 is 9.64 Å². The second kappa shape index (κ2) is 6.57. The van der Waals surface area contributed by atoms with E-state index in [0.29, 0.717) is 13.1 Å². The van der Waals surface area contributed by atoms with Gasteiger partial charge in [0.25, 0.3) is 0 Å². The predicted octanol–water partition coefficient (Wildman–Crippen LogP) is 2.28. The van der Waals surface area contributed by atoms with E-state index >= 15 is 0 Å². The molecule has 1 aliphatic heterocycles. The van der Waals surface area contributed by atoms with Crippen molar-refractivity contribution in [1.82, 2.24) is 4.90 Å². The number of hydrogen-bond acceptors (Lipinski definition) is 3. The first kappa shape index (κ1) is 15.3. The van der Waals surface area contributed by atoms with Crippen molar-refractivity contribution < 1.29 is 14.3 Å². The molecule has 0 spiro atoms. The highest BCUT2D eigenvalue weighted by atomic mass is 16.5. The first-order valence-corrected chi connectivity index (χ1v) is 7.12. The van der Waals surface area contributed by atoms with Gasteiger partial charge in [-0.1, -0.05) is 36.8 Å². The molecule has 0 N–H and O–H groups in total. The first-order chi connectivity index (χ1) is 10.0. The molecule has 1 aromatic carbocycles. The molecule has 2 atom stereocenters. The third kappa shape index (κ3) is 3.72. The molecule has 1 heterocycles. The van der Waals surface area contributed by atoms with Crippen LogP contribution in [0.1, 0.15) is 18.1 Å². The van der Waals surface area contributed by atoms with Gasteiger partial charge in [-0.3, -0.25) is 9.59 Å². The van der Waals surface area contributed by atoms with Crippen LogP contribution >= 0.6 is 0 Å². The lowest BCUT2D eigenvalue weighted by Crippen LogP contribution is -2.28. The van der Waals surface area contributed by atoms with E-state index in [-0.39, 0.29) is 23.7 Å². The van der Waals surface area contributed by atoms with Crippen LogP contribution < -0.4 is 0 Å². The summed E-state index contributed by atoms with van der Waals surface area (Å²) in [6.45, 7) is 5.03. The zero-order valence-electron chi connectivity index (χ0n) is 12.7. The summed E-state index contributed by atoms with van der Waals surface area (Å²) in [5.74, 6) is -0.380. The van der Waals surface area contributed by atoms with E-state index in [1.165, 1.54) is 12.7 Å². The number of methoxy groups -OCH3 is 1. The van der Waals surface area contributed by atoms with E-state index in [2.05, 4.69) is 0 Å². The van der Waals surface area contributed by atoms with Gasteiger partial charge in [0.05, 0.1) is 13.0 Å². The molecule has 1 fully saturated rings. The van der Waals surface area contributed by atoms with Crippen LogP contribution in [0.15, 0.2) is 30.3 Å². The molecule has 0 radical (unpaired) electrons.